The average Bonchev–Trinajstić information content (AvgIpc) is 2.48. The average molecular weight is 289 g/mol. The van der Waals surface area contributed by atoms with Crippen molar-refractivity contribution in [2.45, 2.75) is 19.9 Å². The van der Waals surface area contributed by atoms with Crippen LogP contribution < -0.4 is 16.5 Å². The van der Waals surface area contributed by atoms with Crippen molar-refractivity contribution in [3.8, 4) is 0 Å². The van der Waals surface area contributed by atoms with Crippen LogP contribution in [0.4, 0.5) is 5.69 Å². The number of nitrogens with zero attached hydrogens (tertiary/aromatic N) is 1. The Morgan fingerprint density at radius 1 is 1.43 bits per heavy atom. The minimum absolute atomic E-state index is 0.00978. The molecule has 4 N–H and O–H groups in total. The van der Waals surface area contributed by atoms with E-state index in [0.29, 0.717) is 30.6 Å². The number of nitrogens with two attached hydrogens (primary N) is 1. The number of pyridine rings is 1. The van der Waals surface area contributed by atoms with Crippen molar-refractivity contribution in [1.82, 2.24) is 9.88 Å². The van der Waals surface area contributed by atoms with E-state index >= 15 is 0 Å². The Labute approximate surface area is 122 Å². The third-order valence-corrected chi connectivity index (χ3v) is 3.35. The van der Waals surface area contributed by atoms with Gasteiger partial charge in [0, 0.05) is 31.6 Å². The topological polar surface area (TPSA) is 97.4 Å². The molecule has 1 amide bonds. The summed E-state index contributed by atoms with van der Waals surface area (Å²) in [5, 5.41) is 11.7. The number of rotatable bonds is 5. The SMILES string of the molecule is CCn1cc(C(=O)NCCCO)c(=O)c2c(N)cccc21. The van der Waals surface area contributed by atoms with Crippen molar-refractivity contribution in [3.05, 3.63) is 40.2 Å². The molecule has 2 aromatic rings. The van der Waals surface area contributed by atoms with Crippen LogP contribution in [-0.2, 0) is 6.54 Å². The largest absolute Gasteiger partial charge is 0.398 e. The maximum Gasteiger partial charge on any atom is 0.256 e. The number of carbonyl (C=O) groups excluding carboxylic acids is 1. The smallest absolute Gasteiger partial charge is 0.256 e. The van der Waals surface area contributed by atoms with Crippen LogP contribution in [0.1, 0.15) is 23.7 Å². The molecule has 1 heterocycles. The summed E-state index contributed by atoms with van der Waals surface area (Å²) in [6.45, 7) is 2.87. The van der Waals surface area contributed by atoms with Crippen molar-refractivity contribution in [2.75, 3.05) is 18.9 Å². The highest BCUT2D eigenvalue weighted by Crippen LogP contribution is 2.18. The standard InChI is InChI=1S/C15H19N3O3/c1-2-18-9-10(15(21)17-7-4-8-19)14(20)13-11(16)5-3-6-12(13)18/h3,5-6,9,19H,2,4,7-8,16H2,1H3,(H,17,21). The second kappa shape index (κ2) is 6.41. The number of aliphatic hydroxyl groups excluding tert-OH is 1. The van der Waals surface area contributed by atoms with Gasteiger partial charge in [0.15, 0.2) is 0 Å². The molecule has 6 heteroatoms. The lowest BCUT2D eigenvalue weighted by molar-refractivity contribution is 0.0949. The predicted molar refractivity (Wildman–Crippen MR) is 82.3 cm³/mol. The van der Waals surface area contributed by atoms with Crippen LogP contribution in [0, 0.1) is 0 Å². The number of carbonyl (C=O) groups is 1. The molecule has 6 nitrogen and oxygen atoms in total. The van der Waals surface area contributed by atoms with Gasteiger partial charge < -0.3 is 20.7 Å². The third-order valence-electron chi connectivity index (χ3n) is 3.35. The normalized spacial score (nSPS) is 10.8. The van der Waals surface area contributed by atoms with E-state index in [4.69, 9.17) is 10.8 Å². The molecule has 0 aliphatic rings. The second-order valence-electron chi connectivity index (χ2n) is 4.73. The lowest BCUT2D eigenvalue weighted by atomic mass is 10.1. The number of aromatic nitrogens is 1. The van der Waals surface area contributed by atoms with Crippen LogP contribution in [0.25, 0.3) is 10.9 Å². The first-order valence-corrected chi connectivity index (χ1v) is 6.90. The Bertz CT molecular complexity index is 722. The predicted octanol–water partition coefficient (Wildman–Crippen LogP) is 0.716. The van der Waals surface area contributed by atoms with Crippen LogP contribution in [0.3, 0.4) is 0 Å². The number of hydrogen-bond acceptors (Lipinski definition) is 4. The monoisotopic (exact) mass is 289 g/mol. The number of nitrogens with one attached hydrogen (secondary N) is 1. The van der Waals surface area contributed by atoms with Gasteiger partial charge in [-0.15, -0.1) is 0 Å². The molecule has 0 saturated heterocycles. The lowest BCUT2D eigenvalue weighted by Gasteiger charge is -2.12. The first kappa shape index (κ1) is 15.1. The van der Waals surface area contributed by atoms with Crippen molar-refractivity contribution < 1.29 is 9.90 Å². The minimum atomic E-state index is -0.444. The molecule has 0 fully saturated rings. The van der Waals surface area contributed by atoms with Gasteiger partial charge >= 0.3 is 0 Å². The molecule has 0 unspecified atom stereocenters. The summed E-state index contributed by atoms with van der Waals surface area (Å²) < 4.78 is 1.83. The number of benzene rings is 1. The van der Waals surface area contributed by atoms with E-state index in [9.17, 15) is 9.59 Å². The molecule has 1 aromatic heterocycles. The molecule has 0 atom stereocenters. The van der Waals surface area contributed by atoms with Gasteiger partial charge in [-0.25, -0.2) is 0 Å². The number of amides is 1. The Hall–Kier alpha value is -2.34. The Balaban J connectivity index is 2.55. The number of aliphatic hydroxyl groups is 1. The molecule has 0 saturated carbocycles. The quantitative estimate of drug-likeness (QED) is 0.558. The van der Waals surface area contributed by atoms with Gasteiger partial charge in [-0.05, 0) is 25.5 Å². The van der Waals surface area contributed by atoms with E-state index < -0.39 is 5.91 Å². The molecule has 0 aliphatic carbocycles. The molecule has 0 radical (unpaired) electrons. The number of nitrogen functional groups attached to an aromatic ring is 1. The van der Waals surface area contributed by atoms with E-state index in [1.165, 1.54) is 0 Å². The fraction of sp³-hybridized carbons (Fsp3) is 0.333. The summed E-state index contributed by atoms with van der Waals surface area (Å²) in [6, 6.07) is 5.24. The van der Waals surface area contributed by atoms with Gasteiger partial charge in [0.25, 0.3) is 5.91 Å². The maximum atomic E-state index is 12.5. The van der Waals surface area contributed by atoms with Crippen molar-refractivity contribution in [3.63, 3.8) is 0 Å². The number of fused-ring (bicyclic) bond motifs is 1. The Morgan fingerprint density at radius 3 is 2.86 bits per heavy atom. The van der Waals surface area contributed by atoms with Gasteiger partial charge in [0.05, 0.1) is 10.9 Å². The molecule has 1 aromatic carbocycles. The fourth-order valence-corrected chi connectivity index (χ4v) is 2.26. The zero-order chi connectivity index (χ0) is 15.4. The molecule has 0 bridgehead atoms. The Kier molecular flexibility index (Phi) is 4.59. The van der Waals surface area contributed by atoms with Gasteiger partial charge in [-0.3, -0.25) is 9.59 Å². The number of hydrogen-bond donors (Lipinski definition) is 3. The summed E-state index contributed by atoms with van der Waals surface area (Å²) >= 11 is 0. The van der Waals surface area contributed by atoms with E-state index in [1.807, 2.05) is 17.6 Å². The van der Waals surface area contributed by atoms with Gasteiger partial charge in [-0.2, -0.15) is 0 Å². The van der Waals surface area contributed by atoms with Crippen molar-refractivity contribution in [1.29, 1.82) is 0 Å². The van der Waals surface area contributed by atoms with Crippen LogP contribution in [0.15, 0.2) is 29.2 Å². The van der Waals surface area contributed by atoms with Crippen LogP contribution >= 0.6 is 0 Å². The van der Waals surface area contributed by atoms with Gasteiger partial charge in [-0.1, -0.05) is 6.07 Å². The molecule has 21 heavy (non-hydrogen) atoms. The summed E-state index contributed by atoms with van der Waals surface area (Å²) in [6.07, 6.45) is 2.00. The second-order valence-corrected chi connectivity index (χ2v) is 4.73. The van der Waals surface area contributed by atoms with Gasteiger partial charge in [0.2, 0.25) is 5.43 Å². The van der Waals surface area contributed by atoms with Crippen LogP contribution in [0.5, 0.6) is 0 Å². The lowest BCUT2D eigenvalue weighted by Crippen LogP contribution is -2.31. The van der Waals surface area contributed by atoms with Gasteiger partial charge in [0.1, 0.15) is 5.56 Å². The minimum Gasteiger partial charge on any atom is -0.398 e. The van der Waals surface area contributed by atoms with Crippen LogP contribution in [0.2, 0.25) is 0 Å². The van der Waals surface area contributed by atoms with Crippen LogP contribution in [-0.4, -0.2) is 28.7 Å². The molecular weight excluding hydrogens is 270 g/mol. The molecule has 2 rings (SSSR count). The highest BCUT2D eigenvalue weighted by molar-refractivity contribution is 6.00. The first-order valence-electron chi connectivity index (χ1n) is 6.90. The van der Waals surface area contributed by atoms with E-state index in [1.54, 1.807) is 18.3 Å². The summed E-state index contributed by atoms with van der Waals surface area (Å²) in [4.78, 5) is 24.6. The molecule has 0 aliphatic heterocycles. The number of anilines is 1. The van der Waals surface area contributed by atoms with E-state index in [0.717, 1.165) is 5.52 Å². The summed E-state index contributed by atoms with van der Waals surface area (Å²) in [5.41, 5.74) is 6.68. The first-order chi connectivity index (χ1) is 10.1. The molecular formula is C15H19N3O3. The van der Waals surface area contributed by atoms with Crippen molar-refractivity contribution >= 4 is 22.5 Å². The highest BCUT2D eigenvalue weighted by Gasteiger charge is 2.16. The van der Waals surface area contributed by atoms with E-state index in [-0.39, 0.29) is 17.6 Å². The maximum absolute atomic E-state index is 12.5. The summed E-state index contributed by atoms with van der Waals surface area (Å²) in [7, 11) is 0. The molecule has 0 spiro atoms. The third kappa shape index (κ3) is 2.90. The summed E-state index contributed by atoms with van der Waals surface area (Å²) in [5.74, 6) is -0.444. The number of aryl methyl sites for hydroxylation is 1. The fourth-order valence-electron chi connectivity index (χ4n) is 2.26. The molecule has 112 valence electrons. The Morgan fingerprint density at radius 2 is 2.19 bits per heavy atom. The van der Waals surface area contributed by atoms with Crippen molar-refractivity contribution in [2.24, 2.45) is 0 Å². The van der Waals surface area contributed by atoms with E-state index in [2.05, 4.69) is 5.32 Å². The zero-order valence-corrected chi connectivity index (χ0v) is 11.9. The highest BCUT2D eigenvalue weighted by atomic mass is 16.3. The zero-order valence-electron chi connectivity index (χ0n) is 11.9.